The molecular weight excluding hydrogens is 364 g/mol. The summed E-state index contributed by atoms with van der Waals surface area (Å²) in [5.74, 6) is 0.353. The van der Waals surface area contributed by atoms with Gasteiger partial charge in [0, 0.05) is 18.7 Å². The van der Waals surface area contributed by atoms with E-state index in [2.05, 4.69) is 23.9 Å². The molecule has 0 aliphatic heterocycles. The van der Waals surface area contributed by atoms with E-state index in [1.54, 1.807) is 6.07 Å². The summed E-state index contributed by atoms with van der Waals surface area (Å²) < 4.78 is 33.2. The zero-order valence-corrected chi connectivity index (χ0v) is 16.7. The fraction of sp³-hybridized carbons (Fsp3) is 0.350. The van der Waals surface area contributed by atoms with Crippen molar-refractivity contribution in [3.63, 3.8) is 0 Å². The standard InChI is InChI=1S/C20H26N2O4S/c1-15(2)11-12-21-20(23)17-9-10-18(26-3)19(13-17)27(24,25)22-14-16-7-5-4-6-8-16/h4-10,13,15,22H,11-12,14H2,1-3H3,(H,21,23). The SMILES string of the molecule is COc1ccc(C(=O)NCCC(C)C)cc1S(=O)(=O)NCc1ccccc1. The summed E-state index contributed by atoms with van der Waals surface area (Å²) in [4.78, 5) is 12.3. The van der Waals surface area contributed by atoms with Crippen LogP contribution in [0.4, 0.5) is 0 Å². The first-order valence-corrected chi connectivity index (χ1v) is 10.3. The van der Waals surface area contributed by atoms with Gasteiger partial charge >= 0.3 is 0 Å². The maximum absolute atomic E-state index is 12.7. The lowest BCUT2D eigenvalue weighted by atomic mass is 10.1. The summed E-state index contributed by atoms with van der Waals surface area (Å²) in [5.41, 5.74) is 1.11. The number of carbonyl (C=O) groups is 1. The highest BCUT2D eigenvalue weighted by atomic mass is 32.2. The van der Waals surface area contributed by atoms with Gasteiger partial charge in [0.2, 0.25) is 10.0 Å². The molecule has 0 radical (unpaired) electrons. The minimum atomic E-state index is -3.85. The van der Waals surface area contributed by atoms with E-state index < -0.39 is 10.0 Å². The molecule has 0 bridgehead atoms. The minimum Gasteiger partial charge on any atom is -0.495 e. The van der Waals surface area contributed by atoms with Crippen molar-refractivity contribution >= 4 is 15.9 Å². The summed E-state index contributed by atoms with van der Waals surface area (Å²) in [6.45, 7) is 4.83. The van der Waals surface area contributed by atoms with Crippen LogP contribution in [-0.2, 0) is 16.6 Å². The highest BCUT2D eigenvalue weighted by molar-refractivity contribution is 7.89. The number of nitrogens with one attached hydrogen (secondary N) is 2. The number of benzene rings is 2. The highest BCUT2D eigenvalue weighted by Gasteiger charge is 2.21. The molecule has 0 saturated heterocycles. The van der Waals surface area contributed by atoms with Gasteiger partial charge < -0.3 is 10.1 Å². The van der Waals surface area contributed by atoms with Crippen molar-refractivity contribution in [2.45, 2.75) is 31.7 Å². The van der Waals surface area contributed by atoms with Gasteiger partial charge in [-0.25, -0.2) is 13.1 Å². The van der Waals surface area contributed by atoms with Gasteiger partial charge in [-0.2, -0.15) is 0 Å². The van der Waals surface area contributed by atoms with Gasteiger partial charge in [-0.3, -0.25) is 4.79 Å². The lowest BCUT2D eigenvalue weighted by Gasteiger charge is -2.13. The number of carbonyl (C=O) groups excluding carboxylic acids is 1. The molecule has 2 rings (SSSR count). The Morgan fingerprint density at radius 2 is 1.81 bits per heavy atom. The highest BCUT2D eigenvalue weighted by Crippen LogP contribution is 2.25. The molecule has 0 spiro atoms. The molecule has 0 saturated carbocycles. The van der Waals surface area contributed by atoms with Crippen molar-refractivity contribution in [2.75, 3.05) is 13.7 Å². The molecule has 6 nitrogen and oxygen atoms in total. The van der Waals surface area contributed by atoms with E-state index in [1.807, 2.05) is 30.3 Å². The molecule has 27 heavy (non-hydrogen) atoms. The van der Waals surface area contributed by atoms with Gasteiger partial charge in [0.05, 0.1) is 7.11 Å². The van der Waals surface area contributed by atoms with E-state index in [9.17, 15) is 13.2 Å². The van der Waals surface area contributed by atoms with Crippen molar-refractivity contribution in [3.8, 4) is 5.75 Å². The van der Waals surface area contributed by atoms with Gasteiger partial charge in [-0.15, -0.1) is 0 Å². The van der Waals surface area contributed by atoms with Gasteiger partial charge in [-0.1, -0.05) is 44.2 Å². The Labute approximate surface area is 161 Å². The first-order chi connectivity index (χ1) is 12.8. The monoisotopic (exact) mass is 390 g/mol. The summed E-state index contributed by atoms with van der Waals surface area (Å²) in [7, 11) is -2.45. The fourth-order valence-electron chi connectivity index (χ4n) is 2.46. The zero-order chi connectivity index (χ0) is 19.9. The van der Waals surface area contributed by atoms with E-state index >= 15 is 0 Å². The molecule has 146 valence electrons. The number of ether oxygens (including phenoxy) is 1. The van der Waals surface area contributed by atoms with Crippen molar-refractivity contribution in [3.05, 3.63) is 59.7 Å². The topological polar surface area (TPSA) is 84.5 Å². The summed E-state index contributed by atoms with van der Waals surface area (Å²) in [6.07, 6.45) is 0.853. The number of amides is 1. The van der Waals surface area contributed by atoms with Crippen LogP contribution in [0.5, 0.6) is 5.75 Å². The lowest BCUT2D eigenvalue weighted by molar-refractivity contribution is 0.0951. The second-order valence-corrected chi connectivity index (χ2v) is 8.35. The van der Waals surface area contributed by atoms with Crippen LogP contribution in [-0.4, -0.2) is 28.0 Å². The van der Waals surface area contributed by atoms with Crippen LogP contribution in [0.15, 0.2) is 53.4 Å². The van der Waals surface area contributed by atoms with E-state index in [1.165, 1.54) is 19.2 Å². The molecule has 0 unspecified atom stereocenters. The molecule has 0 atom stereocenters. The second-order valence-electron chi connectivity index (χ2n) is 6.61. The molecule has 2 aromatic rings. The molecule has 0 aromatic heterocycles. The second kappa shape index (κ2) is 9.53. The average molecular weight is 391 g/mol. The van der Waals surface area contributed by atoms with Crippen molar-refractivity contribution in [1.82, 2.24) is 10.0 Å². The fourth-order valence-corrected chi connectivity index (χ4v) is 3.67. The third kappa shape index (κ3) is 6.08. The summed E-state index contributed by atoms with van der Waals surface area (Å²) in [6, 6.07) is 13.6. The van der Waals surface area contributed by atoms with E-state index in [0.29, 0.717) is 12.5 Å². The maximum Gasteiger partial charge on any atom is 0.251 e. The lowest BCUT2D eigenvalue weighted by Crippen LogP contribution is -2.27. The molecule has 1 amide bonds. The Morgan fingerprint density at radius 1 is 1.11 bits per heavy atom. The van der Waals surface area contributed by atoms with E-state index in [4.69, 9.17) is 4.74 Å². The Balaban J connectivity index is 2.19. The first kappa shape index (κ1) is 20.9. The number of methoxy groups -OCH3 is 1. The van der Waals surface area contributed by atoms with Gasteiger partial charge in [0.25, 0.3) is 5.91 Å². The average Bonchev–Trinajstić information content (AvgIpc) is 2.66. The first-order valence-electron chi connectivity index (χ1n) is 8.83. The van der Waals surface area contributed by atoms with Gasteiger partial charge in [0.1, 0.15) is 10.6 Å². The summed E-state index contributed by atoms with van der Waals surface area (Å²) >= 11 is 0. The van der Waals surface area contributed by atoms with E-state index in [0.717, 1.165) is 12.0 Å². The molecule has 0 fully saturated rings. The number of hydrogen-bond donors (Lipinski definition) is 2. The largest absolute Gasteiger partial charge is 0.495 e. The molecule has 2 N–H and O–H groups in total. The molecule has 2 aromatic carbocycles. The predicted octanol–water partition coefficient (Wildman–Crippen LogP) is 2.95. The third-order valence-corrected chi connectivity index (χ3v) is 5.45. The van der Waals surface area contributed by atoms with Crippen molar-refractivity contribution in [2.24, 2.45) is 5.92 Å². The molecular formula is C20H26N2O4S. The van der Waals surface area contributed by atoms with E-state index in [-0.39, 0.29) is 28.7 Å². The normalized spacial score (nSPS) is 11.4. The van der Waals surface area contributed by atoms with Crippen LogP contribution >= 0.6 is 0 Å². The van der Waals surface area contributed by atoms with Gasteiger partial charge in [0.15, 0.2) is 0 Å². The number of rotatable bonds is 9. The Kier molecular flexibility index (Phi) is 7.38. The minimum absolute atomic E-state index is 0.0579. The van der Waals surface area contributed by atoms with Crippen molar-refractivity contribution in [1.29, 1.82) is 0 Å². The van der Waals surface area contributed by atoms with Crippen molar-refractivity contribution < 1.29 is 17.9 Å². The van der Waals surface area contributed by atoms with Crippen LogP contribution < -0.4 is 14.8 Å². The third-order valence-electron chi connectivity index (χ3n) is 4.03. The van der Waals surface area contributed by atoms with Crippen LogP contribution in [0, 0.1) is 5.92 Å². The maximum atomic E-state index is 12.7. The Hall–Kier alpha value is -2.38. The molecule has 7 heteroatoms. The van der Waals surface area contributed by atoms with Gasteiger partial charge in [-0.05, 0) is 36.1 Å². The number of sulfonamides is 1. The Bertz CT molecular complexity index is 865. The molecule has 0 heterocycles. The smallest absolute Gasteiger partial charge is 0.251 e. The predicted molar refractivity (Wildman–Crippen MR) is 105 cm³/mol. The quantitative estimate of drug-likeness (QED) is 0.689. The molecule has 0 aliphatic rings. The molecule has 0 aliphatic carbocycles. The zero-order valence-electron chi connectivity index (χ0n) is 15.9. The van der Waals surface area contributed by atoms with Crippen LogP contribution in [0.3, 0.4) is 0 Å². The van der Waals surface area contributed by atoms with Crippen LogP contribution in [0.25, 0.3) is 0 Å². The number of hydrogen-bond acceptors (Lipinski definition) is 4. The van der Waals surface area contributed by atoms with Crippen LogP contribution in [0.2, 0.25) is 0 Å². The van der Waals surface area contributed by atoms with Crippen LogP contribution in [0.1, 0.15) is 36.2 Å². The summed E-state index contributed by atoms with van der Waals surface area (Å²) in [5, 5.41) is 2.81. The Morgan fingerprint density at radius 3 is 2.44 bits per heavy atom.